The Hall–Kier alpha value is -7.76. The van der Waals surface area contributed by atoms with E-state index in [0.29, 0.717) is 62.5 Å². The lowest BCUT2D eigenvalue weighted by Crippen LogP contribution is -2.58. The number of thiophene rings is 1. The van der Waals surface area contributed by atoms with Crippen LogP contribution in [0.1, 0.15) is 67.3 Å². The zero-order valence-corrected chi connectivity index (χ0v) is 47.9. The third-order valence-electron chi connectivity index (χ3n) is 13.2. The van der Waals surface area contributed by atoms with Gasteiger partial charge in [0.2, 0.25) is 17.7 Å². The number of ether oxygens (including phenoxy) is 6. The highest BCUT2D eigenvalue weighted by atomic mass is 32.1. The van der Waals surface area contributed by atoms with Crippen LogP contribution in [0.2, 0.25) is 0 Å². The molecule has 1 saturated heterocycles. The molecular formula is C61H68N6O13S2. The van der Waals surface area contributed by atoms with Gasteiger partial charge in [-0.15, -0.1) is 22.7 Å². The van der Waals surface area contributed by atoms with Gasteiger partial charge in [-0.05, 0) is 126 Å². The number of fused-ring (bicyclic) bond motifs is 1. The van der Waals surface area contributed by atoms with Crippen molar-refractivity contribution in [1.82, 2.24) is 25.9 Å². The summed E-state index contributed by atoms with van der Waals surface area (Å²) in [6.45, 7) is 11.3. The van der Waals surface area contributed by atoms with Gasteiger partial charge in [0.25, 0.3) is 5.91 Å². The first kappa shape index (κ1) is 60.3. The Kier molecular flexibility index (Phi) is 21.2. The normalized spacial score (nSPS) is 15.1. The monoisotopic (exact) mass is 1160 g/mol. The minimum absolute atomic E-state index is 0.0340. The molecule has 3 heterocycles. The van der Waals surface area contributed by atoms with Gasteiger partial charge in [-0.2, -0.15) is 5.10 Å². The highest BCUT2D eigenvalue weighted by Gasteiger charge is 2.44. The van der Waals surface area contributed by atoms with Gasteiger partial charge in [-0.3, -0.25) is 19.2 Å². The zero-order chi connectivity index (χ0) is 58.2. The van der Waals surface area contributed by atoms with Crippen molar-refractivity contribution in [3.63, 3.8) is 0 Å². The predicted molar refractivity (Wildman–Crippen MR) is 314 cm³/mol. The molecule has 2 aromatic heterocycles. The topological polar surface area (TPSA) is 249 Å². The Balaban J connectivity index is 0.659. The number of hydrogen-bond acceptors (Lipinski definition) is 17. The number of phenols is 2. The predicted octanol–water partition coefficient (Wildman–Crippen LogP) is 8.78. The van der Waals surface area contributed by atoms with E-state index in [-0.39, 0.29) is 56.2 Å². The molecule has 1 fully saturated rings. The average Bonchev–Trinajstić information content (AvgIpc) is 4.07. The fraction of sp³-hybridized carbons (Fsp3) is 0.344. The van der Waals surface area contributed by atoms with Gasteiger partial charge in [-0.1, -0.05) is 51.1 Å². The minimum Gasteiger partial charge on any atom is -0.508 e. The Morgan fingerprint density at radius 1 is 0.768 bits per heavy atom. The van der Waals surface area contributed by atoms with Crippen LogP contribution in [-0.2, 0) is 33.3 Å². The Labute approximate surface area is 483 Å². The average molecular weight is 1160 g/mol. The number of phenolic OH excluding ortho intramolecular Hbond substituents is 2. The van der Waals surface area contributed by atoms with Crippen molar-refractivity contribution in [2.75, 3.05) is 66.0 Å². The third kappa shape index (κ3) is 16.7. The number of aryl methyl sites for hydroxylation is 1. The summed E-state index contributed by atoms with van der Waals surface area (Å²) in [6.07, 6.45) is 0.709. The van der Waals surface area contributed by atoms with Gasteiger partial charge in [0.1, 0.15) is 48.3 Å². The number of carbonyl (C=O) groups excluding carboxylic acids is 4. The van der Waals surface area contributed by atoms with Crippen molar-refractivity contribution in [2.24, 2.45) is 10.5 Å². The molecule has 7 aromatic rings. The van der Waals surface area contributed by atoms with Crippen molar-refractivity contribution in [1.29, 1.82) is 0 Å². The van der Waals surface area contributed by atoms with Crippen molar-refractivity contribution in [2.45, 2.75) is 65.3 Å². The van der Waals surface area contributed by atoms with Crippen LogP contribution in [0.25, 0.3) is 31.0 Å². The number of thiazole rings is 1. The van der Waals surface area contributed by atoms with E-state index in [9.17, 15) is 34.5 Å². The van der Waals surface area contributed by atoms with E-state index in [1.165, 1.54) is 22.5 Å². The number of amides is 4. The number of aliphatic hydroxyl groups excluding tert-OH is 1. The summed E-state index contributed by atoms with van der Waals surface area (Å²) in [5.41, 5.74) is 8.43. The molecule has 1 aliphatic rings. The summed E-state index contributed by atoms with van der Waals surface area (Å²) < 4.78 is 35.3. The number of aromatic hydroxyl groups is 2. The number of hydrazone groups is 1. The quantitative estimate of drug-likeness (QED) is 0.0160. The van der Waals surface area contributed by atoms with Gasteiger partial charge in [-0.25, -0.2) is 10.4 Å². The van der Waals surface area contributed by atoms with Crippen LogP contribution in [-0.4, -0.2) is 139 Å². The van der Waals surface area contributed by atoms with Gasteiger partial charge in [0.05, 0.1) is 85.6 Å². The molecule has 1 aliphatic heterocycles. The van der Waals surface area contributed by atoms with E-state index >= 15 is 0 Å². The SMILES string of the molecule is Cc1ncsc1-c1ccc(C(C)NC(=O)C2CC(O)CN2C(=O)C(NC(=O)COCCOCCOCCOCCOc2ccc(C=NNC(=O)c3cccc(Oc4c(-c5ccc(O)cc5)sc5cc(O)ccc45)c3)cc2)C(C)(C)C)cc1. The molecule has 0 aliphatic carbocycles. The Bertz CT molecular complexity index is 3290. The van der Waals surface area contributed by atoms with E-state index in [1.807, 2.05) is 64.4 Å². The number of carbonyl (C=O) groups is 4. The summed E-state index contributed by atoms with van der Waals surface area (Å²) >= 11 is 3.01. The minimum atomic E-state index is -0.987. The lowest BCUT2D eigenvalue weighted by atomic mass is 9.85. The summed E-state index contributed by atoms with van der Waals surface area (Å²) in [5.74, 6) is 0.126. The fourth-order valence-corrected chi connectivity index (χ4v) is 10.9. The molecule has 432 valence electrons. The smallest absolute Gasteiger partial charge is 0.271 e. The number of benzene rings is 5. The number of β-amino-alcohol motifs (C(OH)–C–C–N with tert-alkyl or cyclic N) is 1. The van der Waals surface area contributed by atoms with E-state index in [1.54, 1.807) is 102 Å². The first-order chi connectivity index (χ1) is 39.5. The molecule has 0 spiro atoms. The lowest BCUT2D eigenvalue weighted by Gasteiger charge is -2.35. The van der Waals surface area contributed by atoms with Crippen molar-refractivity contribution in [3.8, 4) is 49.6 Å². The highest BCUT2D eigenvalue weighted by Crippen LogP contribution is 2.47. The summed E-state index contributed by atoms with van der Waals surface area (Å²) in [6, 6.07) is 31.4. The zero-order valence-electron chi connectivity index (χ0n) is 46.3. The molecule has 82 heavy (non-hydrogen) atoms. The number of nitrogens with zero attached hydrogens (tertiary/aromatic N) is 3. The van der Waals surface area contributed by atoms with E-state index in [4.69, 9.17) is 28.4 Å². The molecule has 4 amide bonds. The first-order valence-corrected chi connectivity index (χ1v) is 28.5. The maximum atomic E-state index is 14.0. The third-order valence-corrected chi connectivity index (χ3v) is 15.4. The molecule has 21 heteroatoms. The van der Waals surface area contributed by atoms with Gasteiger partial charge in [0.15, 0.2) is 5.75 Å². The van der Waals surface area contributed by atoms with Crippen LogP contribution >= 0.6 is 22.7 Å². The van der Waals surface area contributed by atoms with Crippen LogP contribution in [0.3, 0.4) is 0 Å². The maximum Gasteiger partial charge on any atom is 0.271 e. The number of rotatable bonds is 27. The van der Waals surface area contributed by atoms with Crippen molar-refractivity contribution < 1.29 is 62.9 Å². The molecule has 0 saturated carbocycles. The molecule has 19 nitrogen and oxygen atoms in total. The van der Waals surface area contributed by atoms with Crippen LogP contribution in [0.4, 0.5) is 0 Å². The van der Waals surface area contributed by atoms with E-state index in [0.717, 1.165) is 47.8 Å². The summed E-state index contributed by atoms with van der Waals surface area (Å²) in [4.78, 5) is 61.4. The number of hydrogen-bond donors (Lipinski definition) is 6. The van der Waals surface area contributed by atoms with Crippen LogP contribution in [0.15, 0.2) is 126 Å². The Morgan fingerprint density at radius 2 is 1.41 bits per heavy atom. The molecule has 5 aromatic carbocycles. The van der Waals surface area contributed by atoms with E-state index in [2.05, 4.69) is 26.1 Å². The number of aromatic nitrogens is 1. The molecular weight excluding hydrogens is 1090 g/mol. The van der Waals surface area contributed by atoms with Crippen LogP contribution < -0.4 is 25.5 Å². The fourth-order valence-electron chi connectivity index (χ4n) is 8.93. The van der Waals surface area contributed by atoms with Gasteiger partial charge in [0, 0.05) is 28.6 Å². The van der Waals surface area contributed by atoms with Crippen LogP contribution in [0.5, 0.6) is 28.7 Å². The standard InChI is InChI=1S/C61H68N6O13S2/c1-38(41-11-13-42(14-12-41)55-39(2)62-37-81-55)64-59(73)51-32-47(70)35-67(51)60(74)57(61(3,4)5)65-53(71)36-78-28-27-76-24-23-75-25-26-77-29-30-79-48-20-9-40(10-21-48)34-63-66-58(72)44-7-6-8-49(31-44)80-54-50-22-19-46(69)33-52(50)82-56(54)43-15-17-45(68)18-16-43/h6-22,31,33-34,37-38,47,51,57,68-70H,23-30,32,35-36H2,1-5H3,(H,64,73)(H,65,71)(H,66,72). The second-order valence-corrected chi connectivity index (χ2v) is 22.4. The molecule has 0 radical (unpaired) electrons. The van der Waals surface area contributed by atoms with Gasteiger partial charge >= 0.3 is 0 Å². The molecule has 6 N–H and O–H groups in total. The number of aliphatic hydroxyl groups is 1. The second-order valence-electron chi connectivity index (χ2n) is 20.5. The van der Waals surface area contributed by atoms with Crippen LogP contribution in [0, 0.1) is 12.3 Å². The number of likely N-dealkylation sites (tertiary alicyclic amines) is 1. The summed E-state index contributed by atoms with van der Waals surface area (Å²) in [5, 5.41) is 41.3. The number of nitrogens with one attached hydrogen (secondary N) is 3. The van der Waals surface area contributed by atoms with Crippen molar-refractivity contribution >= 4 is 62.6 Å². The maximum absolute atomic E-state index is 14.0. The van der Waals surface area contributed by atoms with Gasteiger partial charge < -0.3 is 59.3 Å². The van der Waals surface area contributed by atoms with E-state index < -0.39 is 41.3 Å². The largest absolute Gasteiger partial charge is 0.508 e. The van der Waals surface area contributed by atoms with Crippen molar-refractivity contribution in [3.05, 3.63) is 143 Å². The first-order valence-electron chi connectivity index (χ1n) is 26.8. The highest BCUT2D eigenvalue weighted by molar-refractivity contribution is 7.22. The molecule has 4 atom stereocenters. The lowest BCUT2D eigenvalue weighted by molar-refractivity contribution is -0.144. The summed E-state index contributed by atoms with van der Waals surface area (Å²) in [7, 11) is 0. The second kappa shape index (κ2) is 28.8. The Morgan fingerprint density at radius 3 is 2.09 bits per heavy atom. The molecule has 8 rings (SSSR count). The molecule has 0 bridgehead atoms. The molecule has 4 unspecified atom stereocenters.